The zero-order valence-electron chi connectivity index (χ0n) is 11.3. The van der Waals surface area contributed by atoms with Crippen LogP contribution in [0.3, 0.4) is 0 Å². The molecule has 0 radical (unpaired) electrons. The van der Waals surface area contributed by atoms with E-state index in [1.165, 1.54) is 0 Å². The van der Waals surface area contributed by atoms with Crippen molar-refractivity contribution < 1.29 is 4.52 Å². The van der Waals surface area contributed by atoms with Crippen molar-refractivity contribution in [1.29, 1.82) is 0 Å². The van der Waals surface area contributed by atoms with Crippen LogP contribution < -0.4 is 5.73 Å². The number of imidazole rings is 1. The molecule has 104 valence electrons. The lowest BCUT2D eigenvalue weighted by Gasteiger charge is -2.01. The van der Waals surface area contributed by atoms with E-state index in [0.29, 0.717) is 18.1 Å². The Hall–Kier alpha value is -2.21. The maximum absolute atomic E-state index is 5.95. The highest BCUT2D eigenvalue weighted by Crippen LogP contribution is 2.15. The fraction of sp³-hybridized carbons (Fsp3) is 0.357. The number of hydrogen-bond acceptors (Lipinski definition) is 5. The zero-order valence-corrected chi connectivity index (χ0v) is 11.3. The predicted octanol–water partition coefficient (Wildman–Crippen LogP) is 2.34. The first-order valence-corrected chi connectivity index (χ1v) is 6.78. The molecule has 0 bridgehead atoms. The normalized spacial score (nSPS) is 12.9. The van der Waals surface area contributed by atoms with E-state index in [0.717, 1.165) is 29.7 Å². The number of para-hydroxylation sites is 2. The Labute approximate surface area is 116 Å². The van der Waals surface area contributed by atoms with Crippen LogP contribution >= 0.6 is 0 Å². The molecular formula is C14H17N5O. The number of H-pyrrole nitrogens is 1. The molecule has 2 heterocycles. The molecule has 0 fully saturated rings. The average Bonchev–Trinajstić information content (AvgIpc) is 3.05. The second-order valence-corrected chi connectivity index (χ2v) is 4.82. The predicted molar refractivity (Wildman–Crippen MR) is 75.0 cm³/mol. The van der Waals surface area contributed by atoms with Crippen LogP contribution in [0.25, 0.3) is 11.0 Å². The molecule has 1 atom stereocenters. The van der Waals surface area contributed by atoms with Crippen LogP contribution in [0.5, 0.6) is 0 Å². The average molecular weight is 271 g/mol. The Kier molecular flexibility index (Phi) is 3.47. The monoisotopic (exact) mass is 271 g/mol. The molecule has 0 unspecified atom stereocenters. The number of aromatic nitrogens is 4. The molecule has 3 rings (SSSR count). The SMILES string of the molecule is CCC[C@H](N)c1nc(Cc2nc3ccccc3[nH]2)no1. The van der Waals surface area contributed by atoms with E-state index in [9.17, 15) is 0 Å². The molecule has 6 heteroatoms. The molecule has 20 heavy (non-hydrogen) atoms. The molecule has 2 aromatic heterocycles. The lowest BCUT2D eigenvalue weighted by Crippen LogP contribution is -2.10. The first-order valence-electron chi connectivity index (χ1n) is 6.78. The molecule has 0 aliphatic heterocycles. The number of rotatable bonds is 5. The van der Waals surface area contributed by atoms with Gasteiger partial charge in [-0.25, -0.2) is 4.98 Å². The van der Waals surface area contributed by atoms with Gasteiger partial charge in [-0.3, -0.25) is 0 Å². The molecule has 0 spiro atoms. The largest absolute Gasteiger partial charge is 0.342 e. The zero-order chi connectivity index (χ0) is 13.9. The lowest BCUT2D eigenvalue weighted by molar-refractivity contribution is 0.344. The van der Waals surface area contributed by atoms with Crippen molar-refractivity contribution in [2.75, 3.05) is 0 Å². The molecule has 6 nitrogen and oxygen atoms in total. The van der Waals surface area contributed by atoms with Crippen molar-refractivity contribution in [3.05, 3.63) is 41.8 Å². The van der Waals surface area contributed by atoms with E-state index in [1.807, 2.05) is 24.3 Å². The molecule has 0 aliphatic carbocycles. The molecule has 0 saturated carbocycles. The summed E-state index contributed by atoms with van der Waals surface area (Å²) in [5.41, 5.74) is 7.90. The van der Waals surface area contributed by atoms with Gasteiger partial charge in [-0.2, -0.15) is 4.98 Å². The highest BCUT2D eigenvalue weighted by Gasteiger charge is 2.15. The summed E-state index contributed by atoms with van der Waals surface area (Å²) in [7, 11) is 0. The Morgan fingerprint density at radius 1 is 1.30 bits per heavy atom. The third kappa shape index (κ3) is 2.55. The standard InChI is InChI=1S/C14H17N5O/c1-2-5-9(15)14-18-13(19-20-14)8-12-16-10-6-3-4-7-11(10)17-12/h3-4,6-7,9H,2,5,8,15H2,1H3,(H,16,17)/t9-/m0/s1. The van der Waals surface area contributed by atoms with Crippen LogP contribution in [-0.2, 0) is 6.42 Å². The minimum absolute atomic E-state index is 0.183. The van der Waals surface area contributed by atoms with Crippen molar-refractivity contribution in [2.24, 2.45) is 5.73 Å². The number of benzene rings is 1. The second-order valence-electron chi connectivity index (χ2n) is 4.82. The van der Waals surface area contributed by atoms with Crippen LogP contribution in [-0.4, -0.2) is 20.1 Å². The molecule has 1 aromatic carbocycles. The summed E-state index contributed by atoms with van der Waals surface area (Å²) in [6.07, 6.45) is 2.34. The number of fused-ring (bicyclic) bond motifs is 1. The van der Waals surface area contributed by atoms with Crippen LogP contribution in [0.2, 0.25) is 0 Å². The van der Waals surface area contributed by atoms with Gasteiger partial charge >= 0.3 is 0 Å². The molecule has 3 aromatic rings. The molecule has 0 aliphatic rings. The fourth-order valence-corrected chi connectivity index (χ4v) is 2.16. The highest BCUT2D eigenvalue weighted by molar-refractivity contribution is 5.74. The summed E-state index contributed by atoms with van der Waals surface area (Å²) >= 11 is 0. The maximum atomic E-state index is 5.95. The van der Waals surface area contributed by atoms with Gasteiger partial charge in [0.2, 0.25) is 5.89 Å². The van der Waals surface area contributed by atoms with Gasteiger partial charge < -0.3 is 15.2 Å². The van der Waals surface area contributed by atoms with Crippen LogP contribution in [0.4, 0.5) is 0 Å². The maximum Gasteiger partial charge on any atom is 0.243 e. The summed E-state index contributed by atoms with van der Waals surface area (Å²) in [6.45, 7) is 2.07. The van der Waals surface area contributed by atoms with Crippen molar-refractivity contribution in [3.8, 4) is 0 Å². The fourth-order valence-electron chi connectivity index (χ4n) is 2.16. The van der Waals surface area contributed by atoms with Gasteiger partial charge in [-0.15, -0.1) is 0 Å². The van der Waals surface area contributed by atoms with Gasteiger partial charge in [0.15, 0.2) is 5.82 Å². The van der Waals surface area contributed by atoms with Crippen LogP contribution in [0, 0.1) is 0 Å². The molecule has 0 saturated heterocycles. The van der Waals surface area contributed by atoms with Crippen molar-refractivity contribution in [2.45, 2.75) is 32.2 Å². The summed E-state index contributed by atoms with van der Waals surface area (Å²) < 4.78 is 5.20. The second kappa shape index (κ2) is 5.42. The number of nitrogens with two attached hydrogens (primary N) is 1. The Bertz CT molecular complexity index is 669. The number of aromatic amines is 1. The van der Waals surface area contributed by atoms with E-state index in [1.54, 1.807) is 0 Å². The summed E-state index contributed by atoms with van der Waals surface area (Å²) in [6, 6.07) is 7.71. The summed E-state index contributed by atoms with van der Waals surface area (Å²) in [5.74, 6) is 1.92. The topological polar surface area (TPSA) is 93.6 Å². The van der Waals surface area contributed by atoms with Gasteiger partial charge in [0.1, 0.15) is 5.82 Å². The summed E-state index contributed by atoms with van der Waals surface area (Å²) in [4.78, 5) is 12.1. The number of nitrogens with one attached hydrogen (secondary N) is 1. The van der Waals surface area contributed by atoms with Gasteiger partial charge in [-0.1, -0.05) is 30.6 Å². The number of nitrogens with zero attached hydrogens (tertiary/aromatic N) is 3. The minimum atomic E-state index is -0.183. The number of hydrogen-bond donors (Lipinski definition) is 2. The first-order chi connectivity index (χ1) is 9.76. The van der Waals surface area contributed by atoms with Crippen molar-refractivity contribution >= 4 is 11.0 Å². The minimum Gasteiger partial charge on any atom is -0.342 e. The Morgan fingerprint density at radius 3 is 2.95 bits per heavy atom. The van der Waals surface area contributed by atoms with Crippen LogP contribution in [0.15, 0.2) is 28.8 Å². The van der Waals surface area contributed by atoms with Crippen molar-refractivity contribution in [3.63, 3.8) is 0 Å². The first kappa shape index (κ1) is 12.8. The van der Waals surface area contributed by atoms with Gasteiger partial charge in [0, 0.05) is 0 Å². The van der Waals surface area contributed by atoms with Crippen LogP contribution in [0.1, 0.15) is 43.3 Å². The van der Waals surface area contributed by atoms with E-state index >= 15 is 0 Å². The third-order valence-corrected chi connectivity index (χ3v) is 3.16. The highest BCUT2D eigenvalue weighted by atomic mass is 16.5. The third-order valence-electron chi connectivity index (χ3n) is 3.16. The Morgan fingerprint density at radius 2 is 2.15 bits per heavy atom. The molecule has 3 N–H and O–H groups in total. The smallest absolute Gasteiger partial charge is 0.243 e. The van der Waals surface area contributed by atoms with E-state index < -0.39 is 0 Å². The van der Waals surface area contributed by atoms with E-state index in [-0.39, 0.29) is 6.04 Å². The molecular weight excluding hydrogens is 254 g/mol. The van der Waals surface area contributed by atoms with Gasteiger partial charge in [-0.05, 0) is 18.6 Å². The Balaban J connectivity index is 1.77. The van der Waals surface area contributed by atoms with Crippen molar-refractivity contribution in [1.82, 2.24) is 20.1 Å². The van der Waals surface area contributed by atoms with Gasteiger partial charge in [0.05, 0.1) is 23.5 Å². The summed E-state index contributed by atoms with van der Waals surface area (Å²) in [5, 5.41) is 3.96. The van der Waals surface area contributed by atoms with E-state index in [2.05, 4.69) is 27.0 Å². The van der Waals surface area contributed by atoms with Gasteiger partial charge in [0.25, 0.3) is 0 Å². The quantitative estimate of drug-likeness (QED) is 0.742. The molecule has 0 amide bonds. The van der Waals surface area contributed by atoms with E-state index in [4.69, 9.17) is 10.3 Å². The lowest BCUT2D eigenvalue weighted by atomic mass is 10.2.